The van der Waals surface area contributed by atoms with E-state index < -0.39 is 0 Å². The van der Waals surface area contributed by atoms with Gasteiger partial charge in [0.1, 0.15) is 0 Å². The van der Waals surface area contributed by atoms with E-state index >= 15 is 0 Å². The van der Waals surface area contributed by atoms with Gasteiger partial charge >= 0.3 is 0 Å². The fraction of sp³-hybridized carbons (Fsp3) is 0.500. The number of rotatable bonds is 6. The molecule has 1 saturated carbocycles. The first-order valence-electron chi connectivity index (χ1n) is 6.43. The number of benzene rings is 1. The SMILES string of the molecule is NC(CC1CC1)C(=O)NCCc1ccc(Cl)cc1. The van der Waals surface area contributed by atoms with Gasteiger partial charge in [0.15, 0.2) is 0 Å². The summed E-state index contributed by atoms with van der Waals surface area (Å²) in [6.07, 6.45) is 4.09. The Bertz CT molecular complexity index is 401. The summed E-state index contributed by atoms with van der Waals surface area (Å²) in [6, 6.07) is 7.31. The smallest absolute Gasteiger partial charge is 0.236 e. The van der Waals surface area contributed by atoms with Crippen molar-refractivity contribution in [2.75, 3.05) is 6.54 Å². The lowest BCUT2D eigenvalue weighted by Gasteiger charge is -2.11. The number of carbonyl (C=O) groups excluding carboxylic acids is 1. The zero-order valence-electron chi connectivity index (χ0n) is 10.4. The first-order chi connectivity index (χ1) is 8.65. The quantitative estimate of drug-likeness (QED) is 0.829. The molecule has 1 aromatic carbocycles. The van der Waals surface area contributed by atoms with Crippen LogP contribution in [-0.2, 0) is 11.2 Å². The normalized spacial score (nSPS) is 16.3. The van der Waals surface area contributed by atoms with Crippen LogP contribution >= 0.6 is 11.6 Å². The lowest BCUT2D eigenvalue weighted by molar-refractivity contribution is -0.122. The minimum absolute atomic E-state index is 0.0316. The van der Waals surface area contributed by atoms with Crippen molar-refractivity contribution >= 4 is 17.5 Å². The van der Waals surface area contributed by atoms with Crippen molar-refractivity contribution in [3.8, 4) is 0 Å². The predicted octanol–water partition coefficient (Wildman–Crippen LogP) is 2.13. The molecule has 0 heterocycles. The standard InChI is InChI=1S/C14H19ClN2O/c15-12-5-3-10(4-6-12)7-8-17-14(18)13(16)9-11-1-2-11/h3-6,11,13H,1-2,7-9,16H2,(H,17,18). The molecule has 0 saturated heterocycles. The van der Waals surface area contributed by atoms with Crippen molar-refractivity contribution in [2.45, 2.75) is 31.7 Å². The Hall–Kier alpha value is -1.06. The number of nitrogens with one attached hydrogen (secondary N) is 1. The number of hydrogen-bond donors (Lipinski definition) is 2. The Labute approximate surface area is 113 Å². The van der Waals surface area contributed by atoms with Crippen LogP contribution in [0, 0.1) is 5.92 Å². The zero-order valence-corrected chi connectivity index (χ0v) is 11.1. The van der Waals surface area contributed by atoms with Crippen LogP contribution in [0.15, 0.2) is 24.3 Å². The molecular formula is C14H19ClN2O. The van der Waals surface area contributed by atoms with Crippen molar-refractivity contribution < 1.29 is 4.79 Å². The van der Waals surface area contributed by atoms with E-state index in [-0.39, 0.29) is 11.9 Å². The van der Waals surface area contributed by atoms with Gasteiger partial charge in [0, 0.05) is 11.6 Å². The molecule has 3 N–H and O–H groups in total. The minimum Gasteiger partial charge on any atom is -0.354 e. The highest BCUT2D eigenvalue weighted by Crippen LogP contribution is 2.33. The Morgan fingerprint density at radius 2 is 2.06 bits per heavy atom. The number of amides is 1. The van der Waals surface area contributed by atoms with E-state index in [2.05, 4.69) is 5.32 Å². The Morgan fingerprint density at radius 3 is 2.67 bits per heavy atom. The molecule has 0 aliphatic heterocycles. The molecule has 98 valence electrons. The molecule has 0 aromatic heterocycles. The van der Waals surface area contributed by atoms with Crippen molar-refractivity contribution in [3.05, 3.63) is 34.9 Å². The topological polar surface area (TPSA) is 55.1 Å². The van der Waals surface area contributed by atoms with Gasteiger partial charge < -0.3 is 11.1 Å². The van der Waals surface area contributed by atoms with E-state index in [9.17, 15) is 4.79 Å². The van der Waals surface area contributed by atoms with E-state index in [1.807, 2.05) is 24.3 Å². The van der Waals surface area contributed by atoms with E-state index in [0.717, 1.165) is 23.4 Å². The van der Waals surface area contributed by atoms with Gasteiger partial charge in [-0.05, 0) is 36.5 Å². The van der Waals surface area contributed by atoms with Gasteiger partial charge in [0.2, 0.25) is 5.91 Å². The molecule has 0 radical (unpaired) electrons. The fourth-order valence-electron chi connectivity index (χ4n) is 1.93. The second kappa shape index (κ2) is 6.21. The van der Waals surface area contributed by atoms with Crippen LogP contribution in [0.3, 0.4) is 0 Å². The second-order valence-electron chi connectivity index (χ2n) is 4.95. The molecule has 1 aliphatic carbocycles. The Balaban J connectivity index is 1.67. The van der Waals surface area contributed by atoms with Crippen LogP contribution in [0.4, 0.5) is 0 Å². The molecule has 1 atom stereocenters. The average molecular weight is 267 g/mol. The summed E-state index contributed by atoms with van der Waals surface area (Å²) < 4.78 is 0. The maximum atomic E-state index is 11.7. The van der Waals surface area contributed by atoms with Crippen LogP contribution in [-0.4, -0.2) is 18.5 Å². The van der Waals surface area contributed by atoms with Gasteiger partial charge in [-0.1, -0.05) is 36.6 Å². The second-order valence-corrected chi connectivity index (χ2v) is 5.39. The average Bonchev–Trinajstić information content (AvgIpc) is 3.15. The number of halogens is 1. The molecule has 18 heavy (non-hydrogen) atoms. The summed E-state index contributed by atoms with van der Waals surface area (Å²) in [5.41, 5.74) is 6.99. The van der Waals surface area contributed by atoms with Crippen LogP contribution in [0.25, 0.3) is 0 Å². The van der Waals surface area contributed by atoms with Crippen molar-refractivity contribution in [1.82, 2.24) is 5.32 Å². The number of carbonyl (C=O) groups is 1. The molecule has 2 rings (SSSR count). The van der Waals surface area contributed by atoms with Gasteiger partial charge in [-0.3, -0.25) is 4.79 Å². The van der Waals surface area contributed by atoms with Crippen molar-refractivity contribution in [3.63, 3.8) is 0 Å². The fourth-order valence-corrected chi connectivity index (χ4v) is 2.06. The summed E-state index contributed by atoms with van der Waals surface area (Å²) in [7, 11) is 0. The molecule has 0 bridgehead atoms. The summed E-state index contributed by atoms with van der Waals surface area (Å²) in [6.45, 7) is 0.624. The zero-order chi connectivity index (χ0) is 13.0. The molecule has 0 spiro atoms. The first-order valence-corrected chi connectivity index (χ1v) is 6.80. The number of nitrogens with two attached hydrogens (primary N) is 1. The lowest BCUT2D eigenvalue weighted by atomic mass is 10.1. The van der Waals surface area contributed by atoms with E-state index in [0.29, 0.717) is 12.5 Å². The van der Waals surface area contributed by atoms with Crippen LogP contribution in [0.1, 0.15) is 24.8 Å². The lowest BCUT2D eigenvalue weighted by Crippen LogP contribution is -2.41. The highest BCUT2D eigenvalue weighted by Gasteiger charge is 2.26. The monoisotopic (exact) mass is 266 g/mol. The van der Waals surface area contributed by atoms with Gasteiger partial charge in [-0.15, -0.1) is 0 Å². The van der Waals surface area contributed by atoms with Crippen LogP contribution < -0.4 is 11.1 Å². The van der Waals surface area contributed by atoms with E-state index in [1.54, 1.807) is 0 Å². The third-order valence-electron chi connectivity index (χ3n) is 3.25. The third-order valence-corrected chi connectivity index (χ3v) is 3.50. The number of hydrogen-bond acceptors (Lipinski definition) is 2. The maximum Gasteiger partial charge on any atom is 0.236 e. The summed E-state index contributed by atoms with van der Waals surface area (Å²) in [4.78, 5) is 11.7. The van der Waals surface area contributed by atoms with E-state index in [1.165, 1.54) is 12.8 Å². The first kappa shape index (κ1) is 13.4. The molecule has 1 fully saturated rings. The summed E-state index contributed by atoms with van der Waals surface area (Å²) in [5.74, 6) is 0.651. The molecule has 1 aromatic rings. The van der Waals surface area contributed by atoms with Crippen molar-refractivity contribution in [2.24, 2.45) is 11.7 Å². The van der Waals surface area contributed by atoms with E-state index in [4.69, 9.17) is 17.3 Å². The predicted molar refractivity (Wildman–Crippen MR) is 73.5 cm³/mol. The maximum absolute atomic E-state index is 11.7. The van der Waals surface area contributed by atoms with Gasteiger partial charge in [0.05, 0.1) is 6.04 Å². The Kier molecular flexibility index (Phi) is 4.61. The molecule has 3 nitrogen and oxygen atoms in total. The van der Waals surface area contributed by atoms with Gasteiger partial charge in [-0.2, -0.15) is 0 Å². The summed E-state index contributed by atoms with van der Waals surface area (Å²) >= 11 is 5.81. The minimum atomic E-state index is -0.345. The molecule has 1 amide bonds. The Morgan fingerprint density at radius 1 is 1.39 bits per heavy atom. The largest absolute Gasteiger partial charge is 0.354 e. The van der Waals surface area contributed by atoms with Crippen LogP contribution in [0.2, 0.25) is 5.02 Å². The summed E-state index contributed by atoms with van der Waals surface area (Å²) in [5, 5.41) is 3.61. The van der Waals surface area contributed by atoms with Gasteiger partial charge in [0.25, 0.3) is 0 Å². The molecule has 1 aliphatic rings. The van der Waals surface area contributed by atoms with Crippen molar-refractivity contribution in [1.29, 1.82) is 0 Å². The highest BCUT2D eigenvalue weighted by molar-refractivity contribution is 6.30. The third kappa shape index (κ3) is 4.31. The van der Waals surface area contributed by atoms with Crippen LogP contribution in [0.5, 0.6) is 0 Å². The molecule has 1 unspecified atom stereocenters. The molecular weight excluding hydrogens is 248 g/mol. The van der Waals surface area contributed by atoms with Gasteiger partial charge in [-0.25, -0.2) is 0 Å². The molecule has 4 heteroatoms. The highest BCUT2D eigenvalue weighted by atomic mass is 35.5.